The molecule has 2 aromatic rings. The van der Waals surface area contributed by atoms with Crippen LogP contribution in [0.4, 0.5) is 4.39 Å². The number of benzene rings is 1. The average Bonchev–Trinajstić information content (AvgIpc) is 2.73. The Bertz CT molecular complexity index is 447. The van der Waals surface area contributed by atoms with Crippen molar-refractivity contribution in [3.63, 3.8) is 0 Å². The van der Waals surface area contributed by atoms with E-state index >= 15 is 0 Å². The lowest BCUT2D eigenvalue weighted by Crippen LogP contribution is -1.89. The number of aromatic nitrogens is 2. The van der Waals surface area contributed by atoms with Crippen molar-refractivity contribution in [1.29, 1.82) is 0 Å². The molecule has 0 saturated carbocycles. The van der Waals surface area contributed by atoms with E-state index < -0.39 is 0 Å². The smallest absolute Gasteiger partial charge is 0.178 e. The molecular weight excluding hydrogens is 235 g/mol. The van der Waals surface area contributed by atoms with Crippen LogP contribution in [0.2, 0.25) is 0 Å². The van der Waals surface area contributed by atoms with Crippen LogP contribution in [0.15, 0.2) is 32.9 Å². The van der Waals surface area contributed by atoms with E-state index in [-0.39, 0.29) is 12.4 Å². The highest BCUT2D eigenvalue weighted by Gasteiger charge is 2.07. The SMILES string of the molecule is OCc1cc(F)ccc1Sc1nncs1. The van der Waals surface area contributed by atoms with Crippen LogP contribution in [0.5, 0.6) is 0 Å². The fourth-order valence-electron chi connectivity index (χ4n) is 1.07. The van der Waals surface area contributed by atoms with Crippen LogP contribution < -0.4 is 0 Å². The van der Waals surface area contributed by atoms with E-state index in [2.05, 4.69) is 10.2 Å². The first-order valence-electron chi connectivity index (χ1n) is 4.13. The minimum absolute atomic E-state index is 0.182. The molecule has 78 valence electrons. The van der Waals surface area contributed by atoms with E-state index in [1.807, 2.05) is 0 Å². The second-order valence-electron chi connectivity index (χ2n) is 2.72. The van der Waals surface area contributed by atoms with Crippen LogP contribution >= 0.6 is 23.1 Å². The van der Waals surface area contributed by atoms with Crippen molar-refractivity contribution in [2.75, 3.05) is 0 Å². The van der Waals surface area contributed by atoms with Crippen molar-refractivity contribution in [2.24, 2.45) is 0 Å². The van der Waals surface area contributed by atoms with Crippen molar-refractivity contribution >= 4 is 23.1 Å². The molecule has 0 aliphatic heterocycles. The van der Waals surface area contributed by atoms with Gasteiger partial charge in [-0.15, -0.1) is 10.2 Å². The number of nitrogens with zero attached hydrogens (tertiary/aromatic N) is 2. The zero-order valence-corrected chi connectivity index (χ0v) is 9.19. The number of aliphatic hydroxyl groups excluding tert-OH is 1. The summed E-state index contributed by atoms with van der Waals surface area (Å²) in [4.78, 5) is 0.802. The molecule has 0 spiro atoms. The third-order valence-corrected chi connectivity index (χ3v) is 3.63. The van der Waals surface area contributed by atoms with Crippen LogP contribution in [0.3, 0.4) is 0 Å². The first-order chi connectivity index (χ1) is 7.29. The number of aliphatic hydroxyl groups is 1. The van der Waals surface area contributed by atoms with Crippen LogP contribution in [0.25, 0.3) is 0 Å². The van der Waals surface area contributed by atoms with E-state index in [1.165, 1.54) is 35.2 Å². The molecule has 0 bridgehead atoms. The number of halogens is 1. The van der Waals surface area contributed by atoms with Gasteiger partial charge in [0.25, 0.3) is 0 Å². The largest absolute Gasteiger partial charge is 0.392 e. The third-order valence-electron chi connectivity index (χ3n) is 1.73. The zero-order valence-electron chi connectivity index (χ0n) is 7.55. The van der Waals surface area contributed by atoms with Crippen molar-refractivity contribution in [3.05, 3.63) is 35.1 Å². The topological polar surface area (TPSA) is 46.0 Å². The highest BCUT2D eigenvalue weighted by molar-refractivity contribution is 8.01. The zero-order chi connectivity index (χ0) is 10.7. The van der Waals surface area contributed by atoms with Gasteiger partial charge in [-0.3, -0.25) is 0 Å². The van der Waals surface area contributed by atoms with Gasteiger partial charge in [0.05, 0.1) is 6.61 Å². The maximum absolute atomic E-state index is 12.9. The Kier molecular flexibility index (Phi) is 3.30. The second kappa shape index (κ2) is 4.69. The van der Waals surface area contributed by atoms with Crippen molar-refractivity contribution in [3.8, 4) is 0 Å². The fourth-order valence-corrected chi connectivity index (χ4v) is 2.61. The lowest BCUT2D eigenvalue weighted by Gasteiger charge is -2.04. The van der Waals surface area contributed by atoms with Crippen LogP contribution in [-0.2, 0) is 6.61 Å². The molecule has 2 rings (SSSR count). The van der Waals surface area contributed by atoms with Gasteiger partial charge in [-0.25, -0.2) is 4.39 Å². The molecule has 3 nitrogen and oxygen atoms in total. The Morgan fingerprint density at radius 3 is 3.00 bits per heavy atom. The quantitative estimate of drug-likeness (QED) is 0.897. The van der Waals surface area contributed by atoms with Gasteiger partial charge in [-0.1, -0.05) is 23.1 Å². The Hall–Kier alpha value is -0.980. The summed E-state index contributed by atoms with van der Waals surface area (Å²) in [5.41, 5.74) is 2.19. The molecular formula is C9H7FN2OS2. The molecule has 0 atom stereocenters. The summed E-state index contributed by atoms with van der Waals surface area (Å²) in [6, 6.07) is 4.32. The standard InChI is InChI=1S/C9H7FN2OS2/c10-7-1-2-8(6(3-7)4-13)15-9-12-11-5-14-9/h1-3,5,13H,4H2. The second-order valence-corrected chi connectivity index (χ2v) is 4.84. The average molecular weight is 242 g/mol. The predicted molar refractivity (Wildman–Crippen MR) is 56.4 cm³/mol. The molecule has 1 heterocycles. The first kappa shape index (κ1) is 10.5. The highest BCUT2D eigenvalue weighted by atomic mass is 32.2. The number of rotatable bonds is 3. The monoisotopic (exact) mass is 242 g/mol. The van der Waals surface area contributed by atoms with Gasteiger partial charge in [0.15, 0.2) is 4.34 Å². The number of hydrogen-bond donors (Lipinski definition) is 1. The lowest BCUT2D eigenvalue weighted by atomic mass is 10.2. The molecule has 0 radical (unpaired) electrons. The third kappa shape index (κ3) is 2.53. The van der Waals surface area contributed by atoms with Crippen molar-refractivity contribution in [1.82, 2.24) is 10.2 Å². The van der Waals surface area contributed by atoms with E-state index in [1.54, 1.807) is 11.6 Å². The summed E-state index contributed by atoms with van der Waals surface area (Å²) < 4.78 is 13.6. The fraction of sp³-hybridized carbons (Fsp3) is 0.111. The van der Waals surface area contributed by atoms with Gasteiger partial charge < -0.3 is 5.11 Å². The Morgan fingerprint density at radius 1 is 1.47 bits per heavy atom. The summed E-state index contributed by atoms with van der Waals surface area (Å²) >= 11 is 2.78. The molecule has 15 heavy (non-hydrogen) atoms. The Labute approximate surface area is 94.0 Å². The maximum atomic E-state index is 12.9. The van der Waals surface area contributed by atoms with Crippen molar-refractivity contribution in [2.45, 2.75) is 15.8 Å². The normalized spacial score (nSPS) is 10.5. The Morgan fingerprint density at radius 2 is 2.33 bits per heavy atom. The molecule has 0 amide bonds. The molecule has 0 aliphatic rings. The van der Waals surface area contributed by atoms with Gasteiger partial charge in [-0.05, 0) is 23.8 Å². The predicted octanol–water partition coefficient (Wildman–Crippen LogP) is 2.32. The van der Waals surface area contributed by atoms with Crippen LogP contribution in [0, 0.1) is 5.82 Å². The lowest BCUT2D eigenvalue weighted by molar-refractivity contribution is 0.278. The summed E-state index contributed by atoms with van der Waals surface area (Å²) in [5.74, 6) is -0.347. The van der Waals surface area contributed by atoms with Crippen LogP contribution in [-0.4, -0.2) is 15.3 Å². The number of hydrogen-bond acceptors (Lipinski definition) is 5. The van der Waals surface area contributed by atoms with Gasteiger partial charge in [0.1, 0.15) is 11.3 Å². The molecule has 1 aromatic carbocycles. The minimum Gasteiger partial charge on any atom is -0.392 e. The van der Waals surface area contributed by atoms with Gasteiger partial charge >= 0.3 is 0 Å². The molecule has 6 heteroatoms. The van der Waals surface area contributed by atoms with Gasteiger partial charge in [0, 0.05) is 4.90 Å². The van der Waals surface area contributed by atoms with E-state index in [0.717, 1.165) is 9.24 Å². The summed E-state index contributed by atoms with van der Waals surface area (Å²) in [6.45, 7) is -0.182. The van der Waals surface area contributed by atoms with E-state index in [9.17, 15) is 4.39 Å². The molecule has 1 N–H and O–H groups in total. The highest BCUT2D eigenvalue weighted by Crippen LogP contribution is 2.31. The molecule has 0 aliphatic carbocycles. The van der Waals surface area contributed by atoms with E-state index in [4.69, 9.17) is 5.11 Å². The molecule has 1 aromatic heterocycles. The summed E-state index contributed by atoms with van der Waals surface area (Å²) in [7, 11) is 0. The molecule has 0 fully saturated rings. The first-order valence-corrected chi connectivity index (χ1v) is 5.82. The Balaban J connectivity index is 2.28. The van der Waals surface area contributed by atoms with Crippen molar-refractivity contribution < 1.29 is 9.50 Å². The molecule has 0 unspecified atom stereocenters. The summed E-state index contributed by atoms with van der Waals surface area (Å²) in [5, 5.41) is 16.6. The van der Waals surface area contributed by atoms with Gasteiger partial charge in [0.2, 0.25) is 0 Å². The van der Waals surface area contributed by atoms with E-state index in [0.29, 0.717) is 5.56 Å². The minimum atomic E-state index is -0.347. The van der Waals surface area contributed by atoms with Crippen LogP contribution in [0.1, 0.15) is 5.56 Å². The molecule has 0 saturated heterocycles. The summed E-state index contributed by atoms with van der Waals surface area (Å²) in [6.07, 6.45) is 0. The maximum Gasteiger partial charge on any atom is 0.178 e. The van der Waals surface area contributed by atoms with Gasteiger partial charge in [-0.2, -0.15) is 0 Å².